The minimum atomic E-state index is -0.152. The summed E-state index contributed by atoms with van der Waals surface area (Å²) < 4.78 is 6.24. The van der Waals surface area contributed by atoms with Gasteiger partial charge in [0.05, 0.1) is 12.7 Å². The number of H-pyrrole nitrogens is 1. The average Bonchev–Trinajstić information content (AvgIpc) is 2.94. The van der Waals surface area contributed by atoms with Crippen molar-refractivity contribution < 1.29 is 9.53 Å². The van der Waals surface area contributed by atoms with Crippen molar-refractivity contribution in [1.82, 2.24) is 4.98 Å². The number of amides is 1. The first kappa shape index (κ1) is 14.7. The summed E-state index contributed by atoms with van der Waals surface area (Å²) in [5.74, 6) is 0.571. The summed E-state index contributed by atoms with van der Waals surface area (Å²) >= 11 is 3.45. The third-order valence-corrected chi connectivity index (χ3v) is 4.44. The van der Waals surface area contributed by atoms with Crippen LogP contribution in [0.25, 0.3) is 10.9 Å². The lowest BCUT2D eigenvalue weighted by atomic mass is 10.1. The molecule has 0 aliphatic carbocycles. The smallest absolute Gasteiger partial charge is 0.257 e. The van der Waals surface area contributed by atoms with Crippen LogP contribution in [0.1, 0.15) is 15.9 Å². The largest absolute Gasteiger partial charge is 0.497 e. The standard InChI is InChI=1S/C17H15BrN2O2/c1-10-7-11(3-5-15(10)18)20-17(21)14-9-19-16-6-4-12(22-2)8-13(14)16/h3-9,19H,1-2H3,(H,20,21). The summed E-state index contributed by atoms with van der Waals surface area (Å²) in [5, 5.41) is 3.76. The predicted molar refractivity (Wildman–Crippen MR) is 91.7 cm³/mol. The minimum absolute atomic E-state index is 0.152. The first-order chi connectivity index (χ1) is 10.6. The van der Waals surface area contributed by atoms with E-state index in [0.29, 0.717) is 5.56 Å². The molecule has 0 radical (unpaired) electrons. The van der Waals surface area contributed by atoms with Crippen LogP contribution in [0.2, 0.25) is 0 Å². The van der Waals surface area contributed by atoms with Gasteiger partial charge in [0.2, 0.25) is 0 Å². The van der Waals surface area contributed by atoms with Crippen molar-refractivity contribution in [3.63, 3.8) is 0 Å². The number of anilines is 1. The molecule has 1 heterocycles. The monoisotopic (exact) mass is 358 g/mol. The fraction of sp³-hybridized carbons (Fsp3) is 0.118. The first-order valence-corrected chi connectivity index (χ1v) is 7.60. The Balaban J connectivity index is 1.93. The molecule has 4 nitrogen and oxygen atoms in total. The Morgan fingerprint density at radius 3 is 2.77 bits per heavy atom. The molecular weight excluding hydrogens is 344 g/mol. The summed E-state index contributed by atoms with van der Waals surface area (Å²) in [4.78, 5) is 15.6. The van der Waals surface area contributed by atoms with Crippen molar-refractivity contribution in [2.24, 2.45) is 0 Å². The molecule has 1 aromatic heterocycles. The van der Waals surface area contributed by atoms with Crippen molar-refractivity contribution >= 4 is 38.4 Å². The van der Waals surface area contributed by atoms with E-state index in [9.17, 15) is 4.79 Å². The Bertz CT molecular complexity index is 855. The normalized spacial score (nSPS) is 10.7. The quantitative estimate of drug-likeness (QED) is 0.724. The predicted octanol–water partition coefficient (Wildman–Crippen LogP) is 4.50. The molecule has 0 saturated carbocycles. The van der Waals surface area contributed by atoms with Crippen LogP contribution in [0.15, 0.2) is 47.1 Å². The second-order valence-corrected chi connectivity index (χ2v) is 5.89. The van der Waals surface area contributed by atoms with Crippen LogP contribution in [0.5, 0.6) is 5.75 Å². The van der Waals surface area contributed by atoms with E-state index in [0.717, 1.165) is 32.4 Å². The van der Waals surface area contributed by atoms with Gasteiger partial charge in [-0.15, -0.1) is 0 Å². The highest BCUT2D eigenvalue weighted by Crippen LogP contribution is 2.25. The number of hydrogen-bond acceptors (Lipinski definition) is 2. The summed E-state index contributed by atoms with van der Waals surface area (Å²) in [5.41, 5.74) is 3.33. The number of methoxy groups -OCH3 is 1. The Kier molecular flexibility index (Phi) is 3.90. The Labute approximate surface area is 136 Å². The van der Waals surface area contributed by atoms with Crippen molar-refractivity contribution in [2.45, 2.75) is 6.92 Å². The summed E-state index contributed by atoms with van der Waals surface area (Å²) in [6, 6.07) is 11.3. The molecule has 2 N–H and O–H groups in total. The van der Waals surface area contributed by atoms with Crippen LogP contribution in [-0.4, -0.2) is 18.0 Å². The number of aromatic nitrogens is 1. The molecule has 0 saturated heterocycles. The molecule has 0 unspecified atom stereocenters. The van der Waals surface area contributed by atoms with Gasteiger partial charge in [0.15, 0.2) is 0 Å². The molecule has 2 aromatic carbocycles. The van der Waals surface area contributed by atoms with Gasteiger partial charge in [0, 0.05) is 27.3 Å². The number of fused-ring (bicyclic) bond motifs is 1. The Hall–Kier alpha value is -2.27. The van der Waals surface area contributed by atoms with Crippen LogP contribution in [0.3, 0.4) is 0 Å². The maximum absolute atomic E-state index is 12.5. The minimum Gasteiger partial charge on any atom is -0.497 e. The van der Waals surface area contributed by atoms with E-state index < -0.39 is 0 Å². The number of ether oxygens (including phenoxy) is 1. The summed E-state index contributed by atoms with van der Waals surface area (Å²) in [7, 11) is 1.61. The molecule has 0 bridgehead atoms. The molecule has 0 aliphatic heterocycles. The fourth-order valence-corrected chi connectivity index (χ4v) is 2.58. The SMILES string of the molecule is COc1ccc2[nH]cc(C(=O)Nc3ccc(Br)c(C)c3)c2c1. The first-order valence-electron chi connectivity index (χ1n) is 6.81. The van der Waals surface area contributed by atoms with Crippen LogP contribution in [-0.2, 0) is 0 Å². The Morgan fingerprint density at radius 2 is 2.05 bits per heavy atom. The van der Waals surface area contributed by atoms with E-state index in [1.54, 1.807) is 13.3 Å². The van der Waals surface area contributed by atoms with Crippen molar-refractivity contribution in [1.29, 1.82) is 0 Å². The molecule has 0 fully saturated rings. The molecule has 1 amide bonds. The molecule has 5 heteroatoms. The van der Waals surface area contributed by atoms with Gasteiger partial charge in [0.1, 0.15) is 5.75 Å². The highest BCUT2D eigenvalue weighted by Gasteiger charge is 2.13. The van der Waals surface area contributed by atoms with Gasteiger partial charge in [-0.05, 0) is 48.9 Å². The van der Waals surface area contributed by atoms with Gasteiger partial charge in [-0.3, -0.25) is 4.79 Å². The molecule has 0 atom stereocenters. The van der Waals surface area contributed by atoms with E-state index in [-0.39, 0.29) is 5.91 Å². The third kappa shape index (κ3) is 2.72. The molecule has 0 spiro atoms. The van der Waals surface area contributed by atoms with Gasteiger partial charge in [-0.2, -0.15) is 0 Å². The molecule has 3 aromatic rings. The van der Waals surface area contributed by atoms with E-state index in [2.05, 4.69) is 26.2 Å². The highest BCUT2D eigenvalue weighted by atomic mass is 79.9. The third-order valence-electron chi connectivity index (χ3n) is 3.55. The van der Waals surface area contributed by atoms with Crippen molar-refractivity contribution in [3.05, 3.63) is 58.2 Å². The molecule has 3 rings (SSSR count). The zero-order valence-electron chi connectivity index (χ0n) is 12.2. The van der Waals surface area contributed by atoms with E-state index >= 15 is 0 Å². The van der Waals surface area contributed by atoms with E-state index in [4.69, 9.17) is 4.74 Å². The topological polar surface area (TPSA) is 54.1 Å². The summed E-state index contributed by atoms with van der Waals surface area (Å²) in [6.45, 7) is 1.98. The highest BCUT2D eigenvalue weighted by molar-refractivity contribution is 9.10. The molecule has 0 aliphatic rings. The lowest BCUT2D eigenvalue weighted by molar-refractivity contribution is 0.102. The van der Waals surface area contributed by atoms with Crippen LogP contribution in [0.4, 0.5) is 5.69 Å². The fourth-order valence-electron chi connectivity index (χ4n) is 2.34. The van der Waals surface area contributed by atoms with Crippen molar-refractivity contribution in [3.8, 4) is 5.75 Å². The molecule has 22 heavy (non-hydrogen) atoms. The van der Waals surface area contributed by atoms with Crippen LogP contribution < -0.4 is 10.1 Å². The lowest BCUT2D eigenvalue weighted by Crippen LogP contribution is -2.11. The van der Waals surface area contributed by atoms with Gasteiger partial charge in [-0.1, -0.05) is 15.9 Å². The number of halogens is 1. The van der Waals surface area contributed by atoms with Crippen LogP contribution in [0, 0.1) is 6.92 Å². The zero-order valence-corrected chi connectivity index (χ0v) is 13.8. The van der Waals surface area contributed by atoms with E-state index in [1.165, 1.54) is 0 Å². The van der Waals surface area contributed by atoms with Crippen LogP contribution >= 0.6 is 15.9 Å². The number of aromatic amines is 1. The van der Waals surface area contributed by atoms with Gasteiger partial charge >= 0.3 is 0 Å². The number of hydrogen-bond donors (Lipinski definition) is 2. The molecular formula is C17H15BrN2O2. The van der Waals surface area contributed by atoms with Gasteiger partial charge in [-0.25, -0.2) is 0 Å². The lowest BCUT2D eigenvalue weighted by Gasteiger charge is -2.07. The Morgan fingerprint density at radius 1 is 1.23 bits per heavy atom. The van der Waals surface area contributed by atoms with Gasteiger partial charge in [0.25, 0.3) is 5.91 Å². The number of rotatable bonds is 3. The number of aryl methyl sites for hydroxylation is 1. The van der Waals surface area contributed by atoms with Crippen molar-refractivity contribution in [2.75, 3.05) is 12.4 Å². The number of benzene rings is 2. The molecule has 112 valence electrons. The zero-order chi connectivity index (χ0) is 15.7. The maximum Gasteiger partial charge on any atom is 0.257 e. The van der Waals surface area contributed by atoms with E-state index in [1.807, 2.05) is 43.3 Å². The average molecular weight is 359 g/mol. The summed E-state index contributed by atoms with van der Waals surface area (Å²) in [6.07, 6.45) is 1.71. The second-order valence-electron chi connectivity index (χ2n) is 5.03. The number of carbonyl (C=O) groups excluding carboxylic acids is 1. The number of nitrogens with one attached hydrogen (secondary N) is 2. The number of carbonyl (C=O) groups is 1. The maximum atomic E-state index is 12.5. The second kappa shape index (κ2) is 5.85. The van der Waals surface area contributed by atoms with Gasteiger partial charge < -0.3 is 15.0 Å².